The first-order valence-electron chi connectivity index (χ1n) is 5.55. The quantitative estimate of drug-likeness (QED) is 0.600. The summed E-state index contributed by atoms with van der Waals surface area (Å²) >= 11 is 0. The number of hydrogen-bond donors (Lipinski definition) is 0. The highest BCUT2D eigenvalue weighted by molar-refractivity contribution is 5.64. The smallest absolute Gasteiger partial charge is 0.194 e. The van der Waals surface area contributed by atoms with Crippen molar-refractivity contribution in [3.8, 4) is 16.9 Å². The molecular weight excluding hydrogens is 260 g/mol. The van der Waals surface area contributed by atoms with Crippen molar-refractivity contribution in [2.75, 3.05) is 13.3 Å². The summed E-state index contributed by atoms with van der Waals surface area (Å²) in [7, 11) is 0. The molecule has 0 radical (unpaired) electrons. The van der Waals surface area contributed by atoms with Crippen molar-refractivity contribution in [1.29, 1.82) is 0 Å². The van der Waals surface area contributed by atoms with Crippen LogP contribution in [-0.2, 0) is 0 Å². The molecular formula is C14H10F4O. The van der Waals surface area contributed by atoms with E-state index < -0.39 is 24.1 Å². The number of ether oxygens (including phenoxy) is 1. The first-order chi connectivity index (χ1) is 9.11. The summed E-state index contributed by atoms with van der Waals surface area (Å²) in [6.07, 6.45) is 0. The second-order valence-corrected chi connectivity index (χ2v) is 3.82. The molecule has 0 aromatic heterocycles. The molecule has 2 aromatic carbocycles. The van der Waals surface area contributed by atoms with Crippen LogP contribution in [0.25, 0.3) is 11.1 Å². The maximum atomic E-state index is 13.1. The highest BCUT2D eigenvalue weighted by Gasteiger charge is 2.11. The highest BCUT2D eigenvalue weighted by Crippen LogP contribution is 2.25. The molecule has 0 aliphatic heterocycles. The van der Waals surface area contributed by atoms with Gasteiger partial charge in [0.25, 0.3) is 0 Å². The van der Waals surface area contributed by atoms with Crippen LogP contribution in [0.4, 0.5) is 17.6 Å². The molecule has 0 unspecified atom stereocenters. The van der Waals surface area contributed by atoms with Crippen molar-refractivity contribution in [3.05, 3.63) is 53.8 Å². The van der Waals surface area contributed by atoms with Gasteiger partial charge in [0, 0.05) is 0 Å². The number of halogens is 4. The fraction of sp³-hybridized carbons (Fsp3) is 0.143. The van der Waals surface area contributed by atoms with Crippen LogP contribution in [0.15, 0.2) is 36.4 Å². The van der Waals surface area contributed by atoms with E-state index in [2.05, 4.69) is 0 Å². The summed E-state index contributed by atoms with van der Waals surface area (Å²) in [5.41, 5.74) is 0.721. The minimum Gasteiger partial charge on any atom is -0.491 e. The van der Waals surface area contributed by atoms with Gasteiger partial charge in [-0.2, -0.15) is 0 Å². The molecule has 2 rings (SSSR count). The zero-order valence-corrected chi connectivity index (χ0v) is 9.80. The molecule has 0 aliphatic rings. The van der Waals surface area contributed by atoms with E-state index in [1.807, 2.05) is 0 Å². The van der Waals surface area contributed by atoms with E-state index in [0.717, 1.165) is 12.1 Å². The van der Waals surface area contributed by atoms with Gasteiger partial charge < -0.3 is 4.74 Å². The molecule has 0 saturated carbocycles. The molecule has 0 fully saturated rings. The van der Waals surface area contributed by atoms with E-state index in [0.29, 0.717) is 11.3 Å². The average molecular weight is 270 g/mol. The Labute approximate surface area is 107 Å². The molecule has 0 bridgehead atoms. The fourth-order valence-electron chi connectivity index (χ4n) is 1.62. The number of benzene rings is 2. The lowest BCUT2D eigenvalue weighted by molar-refractivity contribution is 0.273. The van der Waals surface area contributed by atoms with Crippen molar-refractivity contribution in [1.82, 2.24) is 0 Å². The molecule has 19 heavy (non-hydrogen) atoms. The van der Waals surface area contributed by atoms with Crippen LogP contribution in [0.3, 0.4) is 0 Å². The van der Waals surface area contributed by atoms with Gasteiger partial charge in [0.15, 0.2) is 17.5 Å². The van der Waals surface area contributed by atoms with Crippen LogP contribution in [-0.4, -0.2) is 13.3 Å². The molecule has 0 N–H and O–H groups in total. The van der Waals surface area contributed by atoms with Gasteiger partial charge in [-0.3, -0.25) is 0 Å². The molecule has 2 aromatic rings. The van der Waals surface area contributed by atoms with Crippen molar-refractivity contribution in [2.24, 2.45) is 0 Å². The summed E-state index contributed by atoms with van der Waals surface area (Å²) in [6, 6.07) is 8.03. The Morgan fingerprint density at radius 1 is 0.842 bits per heavy atom. The minimum atomic E-state index is -1.49. The molecule has 0 amide bonds. The van der Waals surface area contributed by atoms with Gasteiger partial charge in [0.1, 0.15) is 19.0 Å². The first-order valence-corrected chi connectivity index (χ1v) is 5.55. The molecule has 1 nitrogen and oxygen atoms in total. The Hall–Kier alpha value is -2.04. The average Bonchev–Trinajstić information content (AvgIpc) is 2.42. The maximum Gasteiger partial charge on any atom is 0.194 e. The Bertz CT molecular complexity index is 543. The van der Waals surface area contributed by atoms with Crippen molar-refractivity contribution in [2.45, 2.75) is 0 Å². The Kier molecular flexibility index (Phi) is 4.04. The Morgan fingerprint density at radius 3 is 1.95 bits per heavy atom. The van der Waals surface area contributed by atoms with E-state index in [1.54, 1.807) is 24.3 Å². The number of alkyl halides is 1. The zero-order valence-electron chi connectivity index (χ0n) is 9.80. The summed E-state index contributed by atoms with van der Waals surface area (Å²) < 4.78 is 55.9. The molecule has 0 spiro atoms. The van der Waals surface area contributed by atoms with Gasteiger partial charge in [-0.1, -0.05) is 12.1 Å². The molecule has 0 heterocycles. The van der Waals surface area contributed by atoms with Crippen LogP contribution in [0, 0.1) is 17.5 Å². The normalized spacial score (nSPS) is 10.5. The van der Waals surface area contributed by atoms with Crippen LogP contribution in [0.1, 0.15) is 0 Å². The SMILES string of the molecule is FCCOc1ccc(-c2cc(F)c(F)c(F)c2)cc1. The summed E-state index contributed by atoms with van der Waals surface area (Å²) in [5.74, 6) is -3.53. The van der Waals surface area contributed by atoms with Gasteiger partial charge in [-0.25, -0.2) is 17.6 Å². The maximum absolute atomic E-state index is 13.1. The lowest BCUT2D eigenvalue weighted by Crippen LogP contribution is -1.98. The molecule has 0 saturated heterocycles. The molecule has 5 heteroatoms. The first kappa shape index (κ1) is 13.4. The lowest BCUT2D eigenvalue weighted by atomic mass is 10.1. The third-order valence-corrected chi connectivity index (χ3v) is 2.52. The van der Waals surface area contributed by atoms with Gasteiger partial charge in [-0.05, 0) is 35.4 Å². The van der Waals surface area contributed by atoms with E-state index in [1.165, 1.54) is 0 Å². The van der Waals surface area contributed by atoms with Gasteiger partial charge >= 0.3 is 0 Å². The second kappa shape index (κ2) is 5.73. The lowest BCUT2D eigenvalue weighted by Gasteiger charge is -2.06. The molecule has 0 atom stereocenters. The standard InChI is InChI=1S/C14H10F4O/c15-5-6-19-11-3-1-9(2-4-11)10-7-12(16)14(18)13(17)8-10/h1-4,7-8H,5-6H2. The largest absolute Gasteiger partial charge is 0.491 e. The van der Waals surface area contributed by atoms with Crippen molar-refractivity contribution in [3.63, 3.8) is 0 Å². The van der Waals surface area contributed by atoms with Crippen LogP contribution >= 0.6 is 0 Å². The Morgan fingerprint density at radius 2 is 1.42 bits per heavy atom. The predicted molar refractivity (Wildman–Crippen MR) is 63.2 cm³/mol. The van der Waals surface area contributed by atoms with E-state index >= 15 is 0 Å². The van der Waals surface area contributed by atoms with Crippen LogP contribution < -0.4 is 4.74 Å². The Balaban J connectivity index is 2.27. The van der Waals surface area contributed by atoms with Crippen molar-refractivity contribution >= 4 is 0 Å². The van der Waals surface area contributed by atoms with Crippen LogP contribution in [0.5, 0.6) is 5.75 Å². The van der Waals surface area contributed by atoms with E-state index in [4.69, 9.17) is 4.74 Å². The fourth-order valence-corrected chi connectivity index (χ4v) is 1.62. The molecule has 100 valence electrons. The monoisotopic (exact) mass is 270 g/mol. The third-order valence-electron chi connectivity index (χ3n) is 2.52. The van der Waals surface area contributed by atoms with Crippen molar-refractivity contribution < 1.29 is 22.3 Å². The third kappa shape index (κ3) is 3.05. The van der Waals surface area contributed by atoms with Gasteiger partial charge in [-0.15, -0.1) is 0 Å². The second-order valence-electron chi connectivity index (χ2n) is 3.82. The van der Waals surface area contributed by atoms with E-state index in [-0.39, 0.29) is 12.2 Å². The predicted octanol–water partition coefficient (Wildman–Crippen LogP) is 4.12. The topological polar surface area (TPSA) is 9.23 Å². The highest BCUT2D eigenvalue weighted by atomic mass is 19.2. The summed E-state index contributed by atoms with van der Waals surface area (Å²) in [6.45, 7) is -0.657. The van der Waals surface area contributed by atoms with E-state index in [9.17, 15) is 17.6 Å². The summed E-state index contributed by atoms with van der Waals surface area (Å²) in [5, 5.41) is 0. The minimum absolute atomic E-state index is 0.0564. The number of hydrogen-bond acceptors (Lipinski definition) is 1. The zero-order chi connectivity index (χ0) is 13.8. The van der Waals surface area contributed by atoms with Gasteiger partial charge in [0.2, 0.25) is 0 Å². The van der Waals surface area contributed by atoms with Crippen LogP contribution in [0.2, 0.25) is 0 Å². The van der Waals surface area contributed by atoms with Gasteiger partial charge in [0.05, 0.1) is 0 Å². The summed E-state index contributed by atoms with van der Waals surface area (Å²) in [4.78, 5) is 0. The molecule has 0 aliphatic carbocycles. The number of rotatable bonds is 4.